The number of carbonyl (C=O) groups excluding carboxylic acids is 1. The van der Waals surface area contributed by atoms with Gasteiger partial charge in [0, 0.05) is 19.6 Å². The van der Waals surface area contributed by atoms with E-state index >= 15 is 0 Å². The number of carbonyl (C=O) groups is 1. The van der Waals surface area contributed by atoms with Crippen LogP contribution in [0.2, 0.25) is 0 Å². The van der Waals surface area contributed by atoms with Gasteiger partial charge in [0.15, 0.2) is 11.0 Å². The number of hydrogen-bond acceptors (Lipinski definition) is 5. The third kappa shape index (κ3) is 4.35. The topological polar surface area (TPSA) is 60.3 Å². The van der Waals surface area contributed by atoms with Crippen molar-refractivity contribution >= 4 is 17.7 Å². The quantitative estimate of drug-likeness (QED) is 0.651. The van der Waals surface area contributed by atoms with Gasteiger partial charge < -0.3 is 14.2 Å². The van der Waals surface area contributed by atoms with Crippen LogP contribution in [-0.4, -0.2) is 50.5 Å². The van der Waals surface area contributed by atoms with E-state index in [2.05, 4.69) is 22.0 Å². The highest BCUT2D eigenvalue weighted by Gasteiger charge is 2.29. The highest BCUT2D eigenvalue weighted by Crippen LogP contribution is 2.32. The van der Waals surface area contributed by atoms with Gasteiger partial charge in [-0.05, 0) is 38.8 Å². The lowest BCUT2D eigenvalue weighted by Gasteiger charge is -2.35. The van der Waals surface area contributed by atoms with Crippen LogP contribution in [0.1, 0.15) is 46.0 Å². The Morgan fingerprint density at radius 1 is 1.29 bits per heavy atom. The maximum atomic E-state index is 13.1. The summed E-state index contributed by atoms with van der Waals surface area (Å²) < 4.78 is 7.38. The van der Waals surface area contributed by atoms with Gasteiger partial charge in [-0.15, -0.1) is 10.2 Å². The summed E-state index contributed by atoms with van der Waals surface area (Å²) in [5.74, 6) is 1.69. The minimum atomic E-state index is -0.199. The second kappa shape index (κ2) is 9.45. The molecule has 6 nitrogen and oxygen atoms in total. The number of thioether (sulfide) groups is 1. The molecule has 2 aromatic rings. The fraction of sp³-hybridized carbons (Fsp3) is 0.571. The van der Waals surface area contributed by atoms with Crippen molar-refractivity contribution in [3.05, 3.63) is 24.3 Å². The maximum absolute atomic E-state index is 13.1. The number of benzene rings is 1. The van der Waals surface area contributed by atoms with Gasteiger partial charge in [0.05, 0.1) is 17.9 Å². The first-order valence-corrected chi connectivity index (χ1v) is 10.9. The Bertz CT molecular complexity index is 801. The molecule has 1 aromatic carbocycles. The van der Waals surface area contributed by atoms with E-state index in [1.165, 1.54) is 31.0 Å². The van der Waals surface area contributed by atoms with Crippen molar-refractivity contribution in [3.8, 4) is 17.1 Å². The molecule has 1 amide bonds. The summed E-state index contributed by atoms with van der Waals surface area (Å²) in [4.78, 5) is 15.2. The molecule has 0 radical (unpaired) electrons. The van der Waals surface area contributed by atoms with Gasteiger partial charge in [-0.1, -0.05) is 43.2 Å². The smallest absolute Gasteiger partial charge is 0.236 e. The van der Waals surface area contributed by atoms with Crippen molar-refractivity contribution in [2.45, 2.75) is 62.4 Å². The van der Waals surface area contributed by atoms with E-state index < -0.39 is 0 Å². The lowest BCUT2D eigenvalue weighted by molar-refractivity contribution is -0.133. The number of nitrogens with zero attached hydrogens (tertiary/aromatic N) is 4. The molecule has 3 rings (SSSR count). The zero-order valence-electron chi connectivity index (χ0n) is 17.2. The molecule has 0 saturated heterocycles. The molecular weight excluding hydrogens is 372 g/mol. The minimum Gasteiger partial charge on any atom is -0.496 e. The summed E-state index contributed by atoms with van der Waals surface area (Å²) in [6.45, 7) is 4.81. The van der Waals surface area contributed by atoms with Crippen LogP contribution in [-0.2, 0) is 11.8 Å². The predicted octanol–water partition coefficient (Wildman–Crippen LogP) is 4.15. The van der Waals surface area contributed by atoms with Crippen molar-refractivity contribution in [1.82, 2.24) is 19.7 Å². The van der Waals surface area contributed by atoms with Crippen LogP contribution in [0.25, 0.3) is 11.4 Å². The molecule has 1 aliphatic rings. The summed E-state index contributed by atoms with van der Waals surface area (Å²) >= 11 is 1.47. The molecule has 0 aliphatic heterocycles. The monoisotopic (exact) mass is 402 g/mol. The molecule has 0 spiro atoms. The van der Waals surface area contributed by atoms with E-state index in [0.717, 1.165) is 41.7 Å². The maximum Gasteiger partial charge on any atom is 0.236 e. The number of amides is 1. The Balaban J connectivity index is 1.74. The minimum absolute atomic E-state index is 0.196. The van der Waals surface area contributed by atoms with E-state index in [1.54, 1.807) is 7.11 Å². The third-order valence-electron chi connectivity index (χ3n) is 5.45. The van der Waals surface area contributed by atoms with Crippen molar-refractivity contribution in [2.24, 2.45) is 7.05 Å². The summed E-state index contributed by atoms with van der Waals surface area (Å²) in [6.07, 6.45) is 5.98. The van der Waals surface area contributed by atoms with Crippen LogP contribution in [0.3, 0.4) is 0 Å². The number of ether oxygens (including phenoxy) is 1. The van der Waals surface area contributed by atoms with E-state index in [0.29, 0.717) is 6.04 Å². The molecule has 152 valence electrons. The highest BCUT2D eigenvalue weighted by atomic mass is 32.2. The first-order valence-electron chi connectivity index (χ1n) is 10.1. The number of para-hydroxylation sites is 1. The lowest BCUT2D eigenvalue weighted by atomic mass is 9.94. The number of aromatic nitrogens is 3. The second-order valence-electron chi connectivity index (χ2n) is 7.24. The van der Waals surface area contributed by atoms with Crippen molar-refractivity contribution in [2.75, 3.05) is 13.7 Å². The molecule has 0 bridgehead atoms. The molecule has 1 fully saturated rings. The highest BCUT2D eigenvalue weighted by molar-refractivity contribution is 8.00. The first-order chi connectivity index (χ1) is 13.6. The second-order valence-corrected chi connectivity index (χ2v) is 8.55. The van der Waals surface area contributed by atoms with Gasteiger partial charge >= 0.3 is 0 Å². The molecule has 28 heavy (non-hydrogen) atoms. The largest absolute Gasteiger partial charge is 0.496 e. The molecule has 0 unspecified atom stereocenters. The van der Waals surface area contributed by atoms with Crippen molar-refractivity contribution < 1.29 is 9.53 Å². The Hall–Kier alpha value is -2.02. The van der Waals surface area contributed by atoms with Crippen molar-refractivity contribution in [3.63, 3.8) is 0 Å². The third-order valence-corrected chi connectivity index (χ3v) is 6.57. The van der Waals surface area contributed by atoms with Gasteiger partial charge in [0.25, 0.3) is 0 Å². The Morgan fingerprint density at radius 3 is 2.68 bits per heavy atom. The molecule has 1 aliphatic carbocycles. The van der Waals surface area contributed by atoms with Crippen LogP contribution >= 0.6 is 11.8 Å². The van der Waals surface area contributed by atoms with E-state index in [1.807, 2.05) is 42.8 Å². The summed E-state index contributed by atoms with van der Waals surface area (Å²) in [7, 11) is 3.58. The first kappa shape index (κ1) is 20.7. The molecule has 1 atom stereocenters. The number of methoxy groups -OCH3 is 1. The SMILES string of the molecule is CCN(C(=O)[C@H](C)Sc1nnc(-c2ccccc2OC)n1C)C1CCCCC1. The van der Waals surface area contributed by atoms with Crippen molar-refractivity contribution in [1.29, 1.82) is 0 Å². The van der Waals surface area contributed by atoms with Crippen LogP contribution in [0, 0.1) is 0 Å². The Morgan fingerprint density at radius 2 is 2.00 bits per heavy atom. The van der Waals surface area contributed by atoms with Crippen LogP contribution in [0.4, 0.5) is 0 Å². The zero-order valence-corrected chi connectivity index (χ0v) is 18.0. The van der Waals surface area contributed by atoms with E-state index in [-0.39, 0.29) is 11.2 Å². The standard InChI is InChI=1S/C21H30N4O2S/c1-5-25(16-11-7-6-8-12-16)20(26)15(2)28-21-23-22-19(24(21)3)17-13-9-10-14-18(17)27-4/h9-10,13-16H,5-8,11-12H2,1-4H3/t15-/m0/s1. The lowest BCUT2D eigenvalue weighted by Crippen LogP contribution is -2.44. The molecule has 7 heteroatoms. The zero-order chi connectivity index (χ0) is 20.1. The van der Waals surface area contributed by atoms with Gasteiger partial charge in [-0.25, -0.2) is 0 Å². The molecule has 1 aromatic heterocycles. The fourth-order valence-corrected chi connectivity index (χ4v) is 4.80. The van der Waals surface area contributed by atoms with Gasteiger partial charge in [0.2, 0.25) is 5.91 Å². The van der Waals surface area contributed by atoms with Crippen LogP contribution < -0.4 is 4.74 Å². The molecule has 1 heterocycles. The summed E-state index contributed by atoms with van der Waals surface area (Å²) in [6, 6.07) is 8.15. The van der Waals surface area contributed by atoms with E-state index in [4.69, 9.17) is 4.74 Å². The summed E-state index contributed by atoms with van der Waals surface area (Å²) in [5.41, 5.74) is 0.892. The predicted molar refractivity (Wildman–Crippen MR) is 113 cm³/mol. The average Bonchev–Trinajstić information content (AvgIpc) is 3.09. The molecule has 1 saturated carbocycles. The average molecular weight is 403 g/mol. The van der Waals surface area contributed by atoms with Gasteiger partial charge in [0.1, 0.15) is 5.75 Å². The van der Waals surface area contributed by atoms with Gasteiger partial charge in [-0.2, -0.15) is 0 Å². The van der Waals surface area contributed by atoms with Gasteiger partial charge in [-0.3, -0.25) is 4.79 Å². The Kier molecular flexibility index (Phi) is 6.99. The molecule has 0 N–H and O–H groups in total. The van der Waals surface area contributed by atoms with E-state index in [9.17, 15) is 4.79 Å². The number of hydrogen-bond donors (Lipinski definition) is 0. The fourth-order valence-electron chi connectivity index (χ4n) is 3.91. The molecular formula is C21H30N4O2S. The Labute approximate surface area is 171 Å². The summed E-state index contributed by atoms with van der Waals surface area (Å²) in [5, 5.41) is 9.22. The van der Waals surface area contributed by atoms with Crippen LogP contribution in [0.5, 0.6) is 5.75 Å². The normalized spacial score (nSPS) is 16.0. The van der Waals surface area contributed by atoms with Crippen LogP contribution in [0.15, 0.2) is 29.4 Å². The number of rotatable bonds is 7.